The maximum Gasteiger partial charge on any atom is 0.0522 e. The molecule has 80 valence electrons. The van der Waals surface area contributed by atoms with Crippen molar-refractivity contribution in [1.82, 2.24) is 15.1 Å². The van der Waals surface area contributed by atoms with E-state index in [1.165, 1.54) is 5.56 Å². The summed E-state index contributed by atoms with van der Waals surface area (Å²) in [4.78, 5) is 0. The Hall–Kier alpha value is -0.480. The van der Waals surface area contributed by atoms with Crippen LogP contribution in [0.15, 0.2) is 12.4 Å². The van der Waals surface area contributed by atoms with Crippen molar-refractivity contribution in [2.24, 2.45) is 7.05 Å². The molecule has 3 nitrogen and oxygen atoms in total. The molecule has 1 atom stereocenters. The molecular weight excluding hydrogens is 194 g/mol. The number of aryl methyl sites for hydroxylation is 1. The van der Waals surface area contributed by atoms with Crippen LogP contribution < -0.4 is 5.32 Å². The van der Waals surface area contributed by atoms with Gasteiger partial charge in [0.25, 0.3) is 0 Å². The Morgan fingerprint density at radius 3 is 3.00 bits per heavy atom. The molecule has 0 amide bonds. The minimum absolute atomic E-state index is 0.698. The Labute approximate surface area is 90.3 Å². The summed E-state index contributed by atoms with van der Waals surface area (Å²) in [7, 11) is 1.95. The molecule has 14 heavy (non-hydrogen) atoms. The van der Waals surface area contributed by atoms with Crippen molar-refractivity contribution in [2.75, 3.05) is 19.3 Å². The second-order valence-electron chi connectivity index (χ2n) is 3.52. The Morgan fingerprint density at radius 1 is 1.64 bits per heavy atom. The summed E-state index contributed by atoms with van der Waals surface area (Å²) in [5.41, 5.74) is 1.30. The molecule has 1 aromatic heterocycles. The van der Waals surface area contributed by atoms with Gasteiger partial charge < -0.3 is 5.32 Å². The Balaban J connectivity index is 2.10. The summed E-state index contributed by atoms with van der Waals surface area (Å²) >= 11 is 1.90. The Morgan fingerprint density at radius 2 is 2.43 bits per heavy atom. The van der Waals surface area contributed by atoms with E-state index < -0.39 is 0 Å². The maximum atomic E-state index is 4.13. The lowest BCUT2D eigenvalue weighted by Gasteiger charge is -2.08. The summed E-state index contributed by atoms with van der Waals surface area (Å²) in [6.45, 7) is 4.36. The summed E-state index contributed by atoms with van der Waals surface area (Å²) < 4.78 is 1.85. The van der Waals surface area contributed by atoms with E-state index in [2.05, 4.69) is 29.8 Å². The van der Waals surface area contributed by atoms with Crippen LogP contribution in [0.5, 0.6) is 0 Å². The molecule has 0 aliphatic heterocycles. The average molecular weight is 213 g/mol. The van der Waals surface area contributed by atoms with Gasteiger partial charge in [0.15, 0.2) is 0 Å². The van der Waals surface area contributed by atoms with Crippen molar-refractivity contribution in [1.29, 1.82) is 0 Å². The van der Waals surface area contributed by atoms with Crippen LogP contribution in [0.2, 0.25) is 0 Å². The summed E-state index contributed by atoms with van der Waals surface area (Å²) in [5.74, 6) is 0. The van der Waals surface area contributed by atoms with Gasteiger partial charge in [0.05, 0.1) is 6.20 Å². The van der Waals surface area contributed by atoms with E-state index in [9.17, 15) is 0 Å². The molecule has 0 fully saturated rings. The largest absolute Gasteiger partial charge is 0.315 e. The third-order valence-electron chi connectivity index (χ3n) is 2.18. The van der Waals surface area contributed by atoms with E-state index in [0.717, 1.165) is 19.5 Å². The van der Waals surface area contributed by atoms with Gasteiger partial charge in [-0.15, -0.1) is 0 Å². The van der Waals surface area contributed by atoms with Crippen molar-refractivity contribution in [3.8, 4) is 0 Å². The number of nitrogens with one attached hydrogen (secondary N) is 1. The molecule has 0 aromatic carbocycles. The summed E-state index contributed by atoms with van der Waals surface area (Å²) in [6.07, 6.45) is 7.21. The molecule has 0 bridgehead atoms. The zero-order valence-corrected chi connectivity index (χ0v) is 9.97. The third kappa shape index (κ3) is 4.15. The minimum atomic E-state index is 0.698. The lowest BCUT2D eigenvalue weighted by Crippen LogP contribution is -2.24. The van der Waals surface area contributed by atoms with E-state index in [1.54, 1.807) is 0 Å². The highest BCUT2D eigenvalue weighted by atomic mass is 32.2. The fraction of sp³-hybridized carbons (Fsp3) is 0.700. The van der Waals surface area contributed by atoms with Crippen LogP contribution in [0.4, 0.5) is 0 Å². The van der Waals surface area contributed by atoms with Crippen molar-refractivity contribution >= 4 is 11.8 Å². The van der Waals surface area contributed by atoms with E-state index in [1.807, 2.05) is 29.7 Å². The van der Waals surface area contributed by atoms with Crippen LogP contribution in [-0.4, -0.2) is 34.4 Å². The molecular formula is C10H19N3S. The fourth-order valence-electron chi connectivity index (χ4n) is 1.22. The standard InChI is InChI=1S/C10H19N3S/c1-9(14-3)6-11-5-4-10-7-12-13(2)8-10/h7-9,11H,4-6H2,1-3H3. The molecule has 0 radical (unpaired) electrons. The minimum Gasteiger partial charge on any atom is -0.315 e. The quantitative estimate of drug-likeness (QED) is 0.723. The van der Waals surface area contributed by atoms with Crippen molar-refractivity contribution in [3.05, 3.63) is 18.0 Å². The van der Waals surface area contributed by atoms with Crippen LogP contribution >= 0.6 is 11.8 Å². The van der Waals surface area contributed by atoms with Gasteiger partial charge in [-0.25, -0.2) is 0 Å². The Bertz CT molecular complexity index is 260. The normalized spacial score (nSPS) is 13.1. The van der Waals surface area contributed by atoms with Crippen molar-refractivity contribution in [2.45, 2.75) is 18.6 Å². The molecule has 4 heteroatoms. The van der Waals surface area contributed by atoms with Crippen LogP contribution in [0.3, 0.4) is 0 Å². The second kappa shape index (κ2) is 6.09. The molecule has 0 saturated carbocycles. The van der Waals surface area contributed by atoms with Crippen molar-refractivity contribution in [3.63, 3.8) is 0 Å². The van der Waals surface area contributed by atoms with Crippen LogP contribution in [0.1, 0.15) is 12.5 Å². The number of hydrogen-bond acceptors (Lipinski definition) is 3. The SMILES string of the molecule is CSC(C)CNCCc1cnn(C)c1. The smallest absolute Gasteiger partial charge is 0.0522 e. The lowest BCUT2D eigenvalue weighted by molar-refractivity contribution is 0.679. The highest BCUT2D eigenvalue weighted by Crippen LogP contribution is 2.02. The number of rotatable bonds is 6. The number of aromatic nitrogens is 2. The molecule has 0 spiro atoms. The zero-order chi connectivity index (χ0) is 10.4. The molecule has 1 rings (SSSR count). The Kier molecular flexibility index (Phi) is 5.04. The molecule has 1 unspecified atom stereocenters. The average Bonchev–Trinajstić information content (AvgIpc) is 2.58. The maximum absolute atomic E-state index is 4.13. The first-order valence-corrected chi connectivity index (χ1v) is 6.22. The first-order valence-electron chi connectivity index (χ1n) is 4.93. The monoisotopic (exact) mass is 213 g/mol. The summed E-state index contributed by atoms with van der Waals surface area (Å²) in [5, 5.41) is 8.27. The van der Waals surface area contributed by atoms with Gasteiger partial charge in [-0.05, 0) is 24.8 Å². The predicted octanol–water partition coefficient (Wildman–Crippen LogP) is 1.30. The first kappa shape index (κ1) is 11.6. The first-order chi connectivity index (χ1) is 6.72. The predicted molar refractivity (Wildman–Crippen MR) is 62.8 cm³/mol. The third-order valence-corrected chi connectivity index (χ3v) is 3.15. The molecule has 1 aromatic rings. The number of nitrogens with zero attached hydrogens (tertiary/aromatic N) is 2. The van der Waals surface area contributed by atoms with E-state index in [0.29, 0.717) is 5.25 Å². The lowest BCUT2D eigenvalue weighted by atomic mass is 10.2. The van der Waals surface area contributed by atoms with Crippen LogP contribution in [-0.2, 0) is 13.5 Å². The molecule has 0 saturated heterocycles. The highest BCUT2D eigenvalue weighted by molar-refractivity contribution is 7.99. The van der Waals surface area contributed by atoms with Gasteiger partial charge in [0.1, 0.15) is 0 Å². The summed E-state index contributed by atoms with van der Waals surface area (Å²) in [6, 6.07) is 0. The van der Waals surface area contributed by atoms with Gasteiger partial charge in [-0.1, -0.05) is 6.92 Å². The molecule has 1 N–H and O–H groups in total. The van der Waals surface area contributed by atoms with Gasteiger partial charge in [-0.3, -0.25) is 4.68 Å². The number of hydrogen-bond donors (Lipinski definition) is 1. The topological polar surface area (TPSA) is 29.9 Å². The van der Waals surface area contributed by atoms with Gasteiger partial charge in [-0.2, -0.15) is 16.9 Å². The van der Waals surface area contributed by atoms with Gasteiger partial charge in [0, 0.05) is 25.0 Å². The molecule has 0 aliphatic rings. The zero-order valence-electron chi connectivity index (χ0n) is 9.16. The molecule has 0 aliphatic carbocycles. The second-order valence-corrected chi connectivity index (χ2v) is 4.80. The van der Waals surface area contributed by atoms with E-state index >= 15 is 0 Å². The molecule has 1 heterocycles. The van der Waals surface area contributed by atoms with Gasteiger partial charge >= 0.3 is 0 Å². The van der Waals surface area contributed by atoms with Crippen LogP contribution in [0.25, 0.3) is 0 Å². The van der Waals surface area contributed by atoms with E-state index in [4.69, 9.17) is 0 Å². The highest BCUT2D eigenvalue weighted by Gasteiger charge is 1.99. The number of thioether (sulfide) groups is 1. The van der Waals surface area contributed by atoms with Crippen molar-refractivity contribution < 1.29 is 0 Å². The van der Waals surface area contributed by atoms with Crippen LogP contribution in [0, 0.1) is 0 Å². The van der Waals surface area contributed by atoms with E-state index in [-0.39, 0.29) is 0 Å². The fourth-order valence-corrected chi connectivity index (χ4v) is 1.51. The van der Waals surface area contributed by atoms with Gasteiger partial charge in [0.2, 0.25) is 0 Å².